The Balaban J connectivity index is 1.82. The molecule has 21 heavy (non-hydrogen) atoms. The molecule has 1 aliphatic rings. The van der Waals surface area contributed by atoms with E-state index in [1.165, 1.54) is 5.56 Å². The van der Waals surface area contributed by atoms with Gasteiger partial charge in [0.15, 0.2) is 0 Å². The van der Waals surface area contributed by atoms with Crippen molar-refractivity contribution in [2.45, 2.75) is 19.4 Å². The second-order valence-corrected chi connectivity index (χ2v) is 6.14. The van der Waals surface area contributed by atoms with Gasteiger partial charge in [0, 0.05) is 37.9 Å². The van der Waals surface area contributed by atoms with Gasteiger partial charge >= 0.3 is 0 Å². The summed E-state index contributed by atoms with van der Waals surface area (Å²) in [4.78, 5) is 0. The van der Waals surface area contributed by atoms with Crippen LogP contribution in [0.4, 0.5) is 0 Å². The quantitative estimate of drug-likeness (QED) is 0.726. The molecule has 118 valence electrons. The van der Waals surface area contributed by atoms with Crippen LogP contribution in [0, 0.1) is 5.92 Å². The molecular formula is C16H24BrNO3. The third kappa shape index (κ3) is 5.94. The van der Waals surface area contributed by atoms with Crippen LogP contribution in [-0.2, 0) is 16.0 Å². The molecular weight excluding hydrogens is 334 g/mol. The molecule has 1 aliphatic heterocycles. The van der Waals surface area contributed by atoms with Gasteiger partial charge in [0.25, 0.3) is 0 Å². The summed E-state index contributed by atoms with van der Waals surface area (Å²) in [5.74, 6) is 1.55. The van der Waals surface area contributed by atoms with E-state index in [9.17, 15) is 0 Å². The van der Waals surface area contributed by atoms with Gasteiger partial charge in [0.2, 0.25) is 0 Å². The fraction of sp³-hybridized carbons (Fsp3) is 0.625. The largest absolute Gasteiger partial charge is 0.493 e. The molecule has 0 radical (unpaired) electrons. The molecule has 0 amide bonds. The Morgan fingerprint density at radius 3 is 2.90 bits per heavy atom. The summed E-state index contributed by atoms with van der Waals surface area (Å²) in [6, 6.07) is 6.16. The summed E-state index contributed by atoms with van der Waals surface area (Å²) in [6.07, 6.45) is 2.20. The predicted octanol–water partition coefficient (Wildman–Crippen LogP) is 2.99. The second-order valence-electron chi connectivity index (χ2n) is 5.29. The third-order valence-corrected chi connectivity index (χ3v) is 4.42. The highest BCUT2D eigenvalue weighted by atomic mass is 79.9. The first kappa shape index (κ1) is 16.7. The zero-order valence-corrected chi connectivity index (χ0v) is 14.2. The number of nitrogens with one attached hydrogen (secondary N) is 1. The van der Waals surface area contributed by atoms with Crippen LogP contribution in [0.2, 0.25) is 0 Å². The zero-order valence-electron chi connectivity index (χ0n) is 12.6. The Morgan fingerprint density at radius 1 is 1.33 bits per heavy atom. The van der Waals surface area contributed by atoms with Gasteiger partial charge < -0.3 is 19.5 Å². The summed E-state index contributed by atoms with van der Waals surface area (Å²) in [6.45, 7) is 4.87. The molecule has 1 aromatic carbocycles. The first-order valence-electron chi connectivity index (χ1n) is 7.48. The van der Waals surface area contributed by atoms with Crippen LogP contribution in [0.25, 0.3) is 0 Å². The van der Waals surface area contributed by atoms with Crippen LogP contribution in [0.3, 0.4) is 0 Å². The second kappa shape index (κ2) is 9.41. The lowest BCUT2D eigenvalue weighted by Crippen LogP contribution is -2.21. The first-order chi connectivity index (χ1) is 10.3. The fourth-order valence-electron chi connectivity index (χ4n) is 2.30. The molecule has 0 atom stereocenters. The van der Waals surface area contributed by atoms with Crippen molar-refractivity contribution >= 4 is 15.9 Å². The van der Waals surface area contributed by atoms with Crippen LogP contribution < -0.4 is 10.1 Å². The van der Waals surface area contributed by atoms with E-state index in [-0.39, 0.29) is 0 Å². The molecule has 0 saturated carbocycles. The van der Waals surface area contributed by atoms with Crippen molar-refractivity contribution in [3.63, 3.8) is 0 Å². The minimum absolute atomic E-state index is 0.616. The minimum atomic E-state index is 0.616. The van der Waals surface area contributed by atoms with E-state index in [0.717, 1.165) is 62.6 Å². The van der Waals surface area contributed by atoms with Gasteiger partial charge in [-0.2, -0.15) is 0 Å². The number of hydrogen-bond acceptors (Lipinski definition) is 4. The Morgan fingerprint density at radius 2 is 2.14 bits per heavy atom. The molecule has 0 unspecified atom stereocenters. The average Bonchev–Trinajstić information content (AvgIpc) is 2.53. The van der Waals surface area contributed by atoms with E-state index in [0.29, 0.717) is 5.92 Å². The van der Waals surface area contributed by atoms with E-state index >= 15 is 0 Å². The molecule has 0 spiro atoms. The van der Waals surface area contributed by atoms with Crippen molar-refractivity contribution < 1.29 is 14.2 Å². The maximum atomic E-state index is 5.94. The van der Waals surface area contributed by atoms with Crippen molar-refractivity contribution in [3.05, 3.63) is 28.2 Å². The number of hydrogen-bond donors (Lipinski definition) is 1. The van der Waals surface area contributed by atoms with Crippen LogP contribution in [0.15, 0.2) is 22.7 Å². The molecule has 2 rings (SSSR count). The van der Waals surface area contributed by atoms with Gasteiger partial charge in [-0.3, -0.25) is 0 Å². The standard InChI is InChI=1S/C16H24BrNO3/c1-19-9-6-18-11-14-10-15(2-3-16(14)17)21-12-13-4-7-20-8-5-13/h2-3,10,13,18H,4-9,11-12H2,1H3. The lowest BCUT2D eigenvalue weighted by atomic mass is 10.0. The highest BCUT2D eigenvalue weighted by Gasteiger charge is 2.14. The first-order valence-corrected chi connectivity index (χ1v) is 8.27. The molecule has 1 aromatic rings. The SMILES string of the molecule is COCCNCc1cc(OCC2CCOCC2)ccc1Br. The Labute approximate surface area is 135 Å². The number of halogens is 1. The van der Waals surface area contributed by atoms with Gasteiger partial charge in [0.05, 0.1) is 13.2 Å². The van der Waals surface area contributed by atoms with Gasteiger partial charge in [-0.25, -0.2) is 0 Å². The van der Waals surface area contributed by atoms with Gasteiger partial charge in [-0.15, -0.1) is 0 Å². The fourth-order valence-corrected chi connectivity index (χ4v) is 2.69. The Kier molecular flexibility index (Phi) is 7.50. The number of rotatable bonds is 8. The van der Waals surface area contributed by atoms with Gasteiger partial charge in [-0.05, 0) is 42.5 Å². The topological polar surface area (TPSA) is 39.7 Å². The predicted molar refractivity (Wildman–Crippen MR) is 86.8 cm³/mol. The van der Waals surface area contributed by atoms with Crippen molar-refractivity contribution in [1.29, 1.82) is 0 Å². The molecule has 4 nitrogen and oxygen atoms in total. The van der Waals surface area contributed by atoms with Crippen LogP contribution in [0.1, 0.15) is 18.4 Å². The van der Waals surface area contributed by atoms with Crippen molar-refractivity contribution in [2.24, 2.45) is 5.92 Å². The maximum Gasteiger partial charge on any atom is 0.119 e. The molecule has 5 heteroatoms. The minimum Gasteiger partial charge on any atom is -0.493 e. The van der Waals surface area contributed by atoms with Crippen molar-refractivity contribution in [1.82, 2.24) is 5.32 Å². The highest BCUT2D eigenvalue weighted by molar-refractivity contribution is 9.10. The summed E-state index contributed by atoms with van der Waals surface area (Å²) < 4.78 is 17.4. The van der Waals surface area contributed by atoms with Crippen molar-refractivity contribution in [2.75, 3.05) is 40.1 Å². The van der Waals surface area contributed by atoms with Crippen LogP contribution in [0.5, 0.6) is 5.75 Å². The molecule has 1 N–H and O–H groups in total. The summed E-state index contributed by atoms with van der Waals surface area (Å²) in [5.41, 5.74) is 1.20. The molecule has 1 heterocycles. The summed E-state index contributed by atoms with van der Waals surface area (Å²) in [5, 5.41) is 3.35. The third-order valence-electron chi connectivity index (χ3n) is 3.64. The molecule has 0 aliphatic carbocycles. The summed E-state index contributed by atoms with van der Waals surface area (Å²) >= 11 is 3.58. The maximum absolute atomic E-state index is 5.94. The van der Waals surface area contributed by atoms with E-state index in [2.05, 4.69) is 27.3 Å². The zero-order chi connectivity index (χ0) is 14.9. The van der Waals surface area contributed by atoms with E-state index in [1.54, 1.807) is 7.11 Å². The lowest BCUT2D eigenvalue weighted by molar-refractivity contribution is 0.0497. The number of methoxy groups -OCH3 is 1. The number of benzene rings is 1. The molecule has 0 bridgehead atoms. The Hall–Kier alpha value is -0.620. The lowest BCUT2D eigenvalue weighted by Gasteiger charge is -2.22. The van der Waals surface area contributed by atoms with E-state index in [4.69, 9.17) is 14.2 Å². The highest BCUT2D eigenvalue weighted by Crippen LogP contribution is 2.24. The molecule has 1 fully saturated rings. The monoisotopic (exact) mass is 357 g/mol. The van der Waals surface area contributed by atoms with E-state index < -0.39 is 0 Å². The van der Waals surface area contributed by atoms with Gasteiger partial charge in [-0.1, -0.05) is 15.9 Å². The average molecular weight is 358 g/mol. The number of ether oxygens (including phenoxy) is 3. The van der Waals surface area contributed by atoms with Gasteiger partial charge in [0.1, 0.15) is 5.75 Å². The molecule has 0 aromatic heterocycles. The van der Waals surface area contributed by atoms with Crippen LogP contribution >= 0.6 is 15.9 Å². The van der Waals surface area contributed by atoms with E-state index in [1.807, 2.05) is 12.1 Å². The smallest absolute Gasteiger partial charge is 0.119 e. The van der Waals surface area contributed by atoms with Crippen molar-refractivity contribution in [3.8, 4) is 5.75 Å². The summed E-state index contributed by atoms with van der Waals surface area (Å²) in [7, 11) is 1.71. The Bertz CT molecular complexity index is 422. The van der Waals surface area contributed by atoms with Crippen LogP contribution in [-0.4, -0.2) is 40.1 Å². The molecule has 1 saturated heterocycles. The normalized spacial score (nSPS) is 16.1.